The summed E-state index contributed by atoms with van der Waals surface area (Å²) in [4.78, 5) is 25.9. The van der Waals surface area contributed by atoms with Crippen LogP contribution in [0.4, 0.5) is 5.69 Å². The topological polar surface area (TPSA) is 58.2 Å². The number of para-hydroxylation sites is 1. The van der Waals surface area contributed by atoms with Crippen molar-refractivity contribution in [2.75, 3.05) is 16.8 Å². The van der Waals surface area contributed by atoms with Crippen molar-refractivity contribution in [1.82, 2.24) is 5.32 Å². The average Bonchev–Trinajstić information content (AvgIpc) is 2.49. The average molecular weight is 322 g/mol. The standard InChI is InChI=1S/C15H18N2O2S2/c1-15(13(18)16-10-6-8-20-9-7-10)14(19)17-11-4-2-3-5-12(11)21-15/h2-5,10H,6-9H2,1H3,(H,16,18)(H,17,19)/t15-/m1/s1. The van der Waals surface area contributed by atoms with Crippen LogP contribution in [0.1, 0.15) is 19.8 Å². The Balaban J connectivity index is 1.76. The molecule has 1 saturated heterocycles. The molecule has 112 valence electrons. The molecular formula is C15H18N2O2S2. The van der Waals surface area contributed by atoms with Gasteiger partial charge in [0.25, 0.3) is 0 Å². The number of carbonyl (C=O) groups excluding carboxylic acids is 2. The molecule has 0 unspecified atom stereocenters. The third kappa shape index (κ3) is 2.92. The lowest BCUT2D eigenvalue weighted by Crippen LogP contribution is -2.54. The number of nitrogens with one attached hydrogen (secondary N) is 2. The molecule has 2 heterocycles. The van der Waals surface area contributed by atoms with E-state index in [-0.39, 0.29) is 17.9 Å². The molecule has 0 aromatic heterocycles. The monoisotopic (exact) mass is 322 g/mol. The molecule has 1 atom stereocenters. The first-order valence-corrected chi connectivity index (χ1v) is 9.05. The van der Waals surface area contributed by atoms with E-state index in [4.69, 9.17) is 0 Å². The Hall–Kier alpha value is -1.14. The second kappa shape index (κ2) is 5.93. The molecular weight excluding hydrogens is 304 g/mol. The number of rotatable bonds is 2. The maximum atomic E-state index is 12.6. The molecule has 0 aliphatic carbocycles. The zero-order valence-corrected chi connectivity index (χ0v) is 13.5. The molecule has 2 N–H and O–H groups in total. The Morgan fingerprint density at radius 2 is 2.05 bits per heavy atom. The van der Waals surface area contributed by atoms with E-state index in [1.54, 1.807) is 6.92 Å². The number of anilines is 1. The second-order valence-electron chi connectivity index (χ2n) is 5.45. The van der Waals surface area contributed by atoms with Crippen molar-refractivity contribution in [1.29, 1.82) is 0 Å². The Labute approximate surface area is 132 Å². The minimum absolute atomic E-state index is 0.184. The molecule has 0 spiro atoms. The summed E-state index contributed by atoms with van der Waals surface area (Å²) in [6.07, 6.45) is 1.96. The van der Waals surface area contributed by atoms with E-state index in [0.29, 0.717) is 0 Å². The van der Waals surface area contributed by atoms with Gasteiger partial charge < -0.3 is 10.6 Å². The second-order valence-corrected chi connectivity index (χ2v) is 8.13. The summed E-state index contributed by atoms with van der Waals surface area (Å²) in [7, 11) is 0. The summed E-state index contributed by atoms with van der Waals surface area (Å²) >= 11 is 3.25. The summed E-state index contributed by atoms with van der Waals surface area (Å²) in [5.41, 5.74) is 0.784. The van der Waals surface area contributed by atoms with Gasteiger partial charge in [0, 0.05) is 10.9 Å². The van der Waals surface area contributed by atoms with Crippen molar-refractivity contribution in [2.45, 2.75) is 35.4 Å². The van der Waals surface area contributed by atoms with E-state index in [2.05, 4.69) is 10.6 Å². The smallest absolute Gasteiger partial charge is 0.250 e. The Morgan fingerprint density at radius 3 is 2.81 bits per heavy atom. The Morgan fingerprint density at radius 1 is 1.33 bits per heavy atom. The molecule has 1 fully saturated rings. The van der Waals surface area contributed by atoms with Crippen LogP contribution in [0.25, 0.3) is 0 Å². The fourth-order valence-electron chi connectivity index (χ4n) is 2.48. The summed E-state index contributed by atoms with van der Waals surface area (Å²) in [6.45, 7) is 1.70. The maximum absolute atomic E-state index is 12.6. The highest BCUT2D eigenvalue weighted by Crippen LogP contribution is 2.42. The first-order valence-electron chi connectivity index (χ1n) is 7.08. The summed E-state index contributed by atoms with van der Waals surface area (Å²) < 4.78 is -1.10. The number of hydrogen-bond donors (Lipinski definition) is 2. The third-order valence-corrected chi connectivity index (χ3v) is 6.28. The van der Waals surface area contributed by atoms with E-state index in [9.17, 15) is 9.59 Å². The van der Waals surface area contributed by atoms with Crippen molar-refractivity contribution >= 4 is 41.0 Å². The lowest BCUT2D eigenvalue weighted by Gasteiger charge is -2.34. The van der Waals surface area contributed by atoms with Gasteiger partial charge in [-0.15, -0.1) is 0 Å². The van der Waals surface area contributed by atoms with E-state index in [0.717, 1.165) is 34.9 Å². The quantitative estimate of drug-likeness (QED) is 0.822. The zero-order valence-electron chi connectivity index (χ0n) is 11.8. The van der Waals surface area contributed by atoms with E-state index in [1.807, 2.05) is 36.0 Å². The first-order chi connectivity index (χ1) is 10.1. The largest absolute Gasteiger partial charge is 0.352 e. The number of thioether (sulfide) groups is 2. The van der Waals surface area contributed by atoms with Crippen LogP contribution in [0.3, 0.4) is 0 Å². The molecule has 2 aliphatic rings. The van der Waals surface area contributed by atoms with Gasteiger partial charge in [-0.3, -0.25) is 9.59 Å². The molecule has 0 saturated carbocycles. The van der Waals surface area contributed by atoms with Crippen molar-refractivity contribution < 1.29 is 9.59 Å². The minimum atomic E-state index is -1.10. The molecule has 0 bridgehead atoms. The molecule has 6 heteroatoms. The normalized spacial score (nSPS) is 25.9. The number of amides is 2. The van der Waals surface area contributed by atoms with Crippen LogP contribution in [0, 0.1) is 0 Å². The van der Waals surface area contributed by atoms with Crippen LogP contribution in [0.15, 0.2) is 29.2 Å². The molecule has 1 aromatic rings. The van der Waals surface area contributed by atoms with Gasteiger partial charge in [0.15, 0.2) is 4.75 Å². The molecule has 4 nitrogen and oxygen atoms in total. The van der Waals surface area contributed by atoms with Crippen molar-refractivity contribution in [3.05, 3.63) is 24.3 Å². The SMILES string of the molecule is C[C@]1(C(=O)NC2CCSCC2)Sc2ccccc2NC1=O. The van der Waals surface area contributed by atoms with Gasteiger partial charge >= 0.3 is 0 Å². The van der Waals surface area contributed by atoms with Gasteiger partial charge in [0.2, 0.25) is 11.8 Å². The highest BCUT2D eigenvalue weighted by atomic mass is 32.2. The van der Waals surface area contributed by atoms with Crippen LogP contribution in [-0.4, -0.2) is 34.1 Å². The van der Waals surface area contributed by atoms with E-state index >= 15 is 0 Å². The van der Waals surface area contributed by atoms with Gasteiger partial charge in [-0.2, -0.15) is 11.8 Å². The molecule has 2 aliphatic heterocycles. The molecule has 2 amide bonds. The summed E-state index contributed by atoms with van der Waals surface area (Å²) in [5, 5.41) is 5.90. The van der Waals surface area contributed by atoms with Crippen LogP contribution >= 0.6 is 23.5 Å². The number of fused-ring (bicyclic) bond motifs is 1. The molecule has 1 aromatic carbocycles. The lowest BCUT2D eigenvalue weighted by atomic mass is 10.1. The Bertz CT molecular complexity index is 573. The van der Waals surface area contributed by atoms with Crippen molar-refractivity contribution in [2.24, 2.45) is 0 Å². The van der Waals surface area contributed by atoms with Crippen LogP contribution < -0.4 is 10.6 Å². The van der Waals surface area contributed by atoms with E-state index < -0.39 is 4.75 Å². The predicted octanol–water partition coefficient (Wildman–Crippen LogP) is 2.50. The summed E-state index contributed by atoms with van der Waals surface area (Å²) in [6, 6.07) is 7.78. The lowest BCUT2D eigenvalue weighted by molar-refractivity contribution is -0.130. The van der Waals surface area contributed by atoms with Crippen LogP contribution in [0.5, 0.6) is 0 Å². The zero-order chi connectivity index (χ0) is 14.9. The fraction of sp³-hybridized carbons (Fsp3) is 0.467. The van der Waals surface area contributed by atoms with Gasteiger partial charge in [-0.25, -0.2) is 0 Å². The highest BCUT2D eigenvalue weighted by molar-refractivity contribution is 8.02. The van der Waals surface area contributed by atoms with Crippen molar-refractivity contribution in [3.63, 3.8) is 0 Å². The highest BCUT2D eigenvalue weighted by Gasteiger charge is 2.46. The summed E-state index contributed by atoms with van der Waals surface area (Å²) in [5.74, 6) is 1.72. The molecule has 3 rings (SSSR count). The number of carbonyl (C=O) groups is 2. The minimum Gasteiger partial charge on any atom is -0.352 e. The molecule has 0 radical (unpaired) electrons. The van der Waals surface area contributed by atoms with Gasteiger partial charge in [0.1, 0.15) is 0 Å². The van der Waals surface area contributed by atoms with Crippen molar-refractivity contribution in [3.8, 4) is 0 Å². The van der Waals surface area contributed by atoms with Gasteiger partial charge in [0.05, 0.1) is 5.69 Å². The number of hydrogen-bond acceptors (Lipinski definition) is 4. The van der Waals surface area contributed by atoms with Crippen LogP contribution in [-0.2, 0) is 9.59 Å². The maximum Gasteiger partial charge on any atom is 0.250 e. The van der Waals surface area contributed by atoms with Gasteiger partial charge in [-0.1, -0.05) is 23.9 Å². The molecule has 21 heavy (non-hydrogen) atoms. The number of benzene rings is 1. The Kier molecular flexibility index (Phi) is 4.17. The third-order valence-electron chi connectivity index (χ3n) is 3.87. The fourth-order valence-corrected chi connectivity index (χ4v) is 4.70. The first kappa shape index (κ1) is 14.8. The van der Waals surface area contributed by atoms with E-state index in [1.165, 1.54) is 11.8 Å². The van der Waals surface area contributed by atoms with Gasteiger partial charge in [-0.05, 0) is 43.4 Å². The van der Waals surface area contributed by atoms with Crippen LogP contribution in [0.2, 0.25) is 0 Å². The predicted molar refractivity (Wildman–Crippen MR) is 87.8 cm³/mol.